The normalized spacial score (nSPS) is 29.0. The van der Waals surface area contributed by atoms with Gasteiger partial charge in [0.1, 0.15) is 5.75 Å². The molecule has 0 radical (unpaired) electrons. The van der Waals surface area contributed by atoms with E-state index in [-0.39, 0.29) is 5.54 Å². The number of nitrogens with two attached hydrogens (primary N) is 1. The zero-order valence-electron chi connectivity index (χ0n) is 10.9. The molecule has 0 aliphatic heterocycles. The van der Waals surface area contributed by atoms with Crippen molar-refractivity contribution in [2.75, 3.05) is 7.11 Å². The zero-order valence-corrected chi connectivity index (χ0v) is 10.9. The topological polar surface area (TPSA) is 35.2 Å². The monoisotopic (exact) mass is 233 g/mol. The van der Waals surface area contributed by atoms with Crippen molar-refractivity contribution in [1.29, 1.82) is 0 Å². The number of hydrogen-bond acceptors (Lipinski definition) is 2. The van der Waals surface area contributed by atoms with Gasteiger partial charge in [-0.3, -0.25) is 0 Å². The van der Waals surface area contributed by atoms with Crippen molar-refractivity contribution in [2.24, 2.45) is 11.7 Å². The fraction of sp³-hybridized carbons (Fsp3) is 0.600. The predicted molar refractivity (Wildman–Crippen MR) is 71.2 cm³/mol. The van der Waals surface area contributed by atoms with Gasteiger partial charge in [-0.1, -0.05) is 31.9 Å². The van der Waals surface area contributed by atoms with Gasteiger partial charge in [-0.25, -0.2) is 0 Å². The van der Waals surface area contributed by atoms with Gasteiger partial charge in [-0.05, 0) is 42.9 Å². The second-order valence-electron chi connectivity index (χ2n) is 5.59. The van der Waals surface area contributed by atoms with Crippen molar-refractivity contribution >= 4 is 0 Å². The van der Waals surface area contributed by atoms with Crippen LogP contribution in [0.1, 0.15) is 38.2 Å². The molecule has 1 aromatic carbocycles. The molecule has 17 heavy (non-hydrogen) atoms. The summed E-state index contributed by atoms with van der Waals surface area (Å²) in [6.45, 7) is 2.31. The van der Waals surface area contributed by atoms with Crippen molar-refractivity contribution in [2.45, 2.75) is 44.6 Å². The van der Waals surface area contributed by atoms with Gasteiger partial charge >= 0.3 is 0 Å². The molecule has 0 heterocycles. The molecule has 2 N–H and O–H groups in total. The fourth-order valence-corrected chi connectivity index (χ4v) is 3.05. The number of methoxy groups -OCH3 is 1. The largest absolute Gasteiger partial charge is 0.497 e. The molecule has 0 amide bonds. The minimum absolute atomic E-state index is 0.00989. The Bertz CT molecular complexity index is 377. The van der Waals surface area contributed by atoms with Gasteiger partial charge in [-0.15, -0.1) is 0 Å². The zero-order chi connectivity index (χ0) is 12.3. The molecule has 94 valence electrons. The van der Waals surface area contributed by atoms with Gasteiger partial charge in [0, 0.05) is 5.54 Å². The lowest BCUT2D eigenvalue weighted by atomic mass is 9.74. The smallest absolute Gasteiger partial charge is 0.119 e. The average molecular weight is 233 g/mol. The molecule has 1 aromatic rings. The van der Waals surface area contributed by atoms with Gasteiger partial charge in [0.25, 0.3) is 0 Å². The summed E-state index contributed by atoms with van der Waals surface area (Å²) in [6, 6.07) is 8.28. The number of ether oxygens (including phenoxy) is 1. The highest BCUT2D eigenvalue weighted by atomic mass is 16.5. The van der Waals surface area contributed by atoms with Gasteiger partial charge in [0.2, 0.25) is 0 Å². The molecule has 2 heteroatoms. The van der Waals surface area contributed by atoms with Crippen molar-refractivity contribution in [1.82, 2.24) is 0 Å². The molecular weight excluding hydrogens is 210 g/mol. The molecule has 0 saturated heterocycles. The quantitative estimate of drug-likeness (QED) is 0.870. The van der Waals surface area contributed by atoms with E-state index in [1.807, 2.05) is 12.1 Å². The molecule has 2 atom stereocenters. The molecule has 0 spiro atoms. The Kier molecular flexibility index (Phi) is 3.72. The Labute approximate surface area is 104 Å². The van der Waals surface area contributed by atoms with Crippen LogP contribution in [0.3, 0.4) is 0 Å². The van der Waals surface area contributed by atoms with Crippen LogP contribution < -0.4 is 10.5 Å². The van der Waals surface area contributed by atoms with E-state index in [0.717, 1.165) is 30.9 Å². The van der Waals surface area contributed by atoms with E-state index >= 15 is 0 Å². The SMILES string of the molecule is COc1cccc(CC2(N)CCCC(C)C2)c1. The predicted octanol–water partition coefficient (Wildman–Crippen LogP) is 3.15. The standard InChI is InChI=1S/C15H23NO/c1-12-5-4-8-15(16,10-12)11-13-6-3-7-14(9-13)17-2/h3,6-7,9,12H,4-5,8,10-11,16H2,1-2H3. The third-order valence-corrected chi connectivity index (χ3v) is 3.82. The summed E-state index contributed by atoms with van der Waals surface area (Å²) in [7, 11) is 1.71. The minimum atomic E-state index is -0.00989. The van der Waals surface area contributed by atoms with Crippen LogP contribution >= 0.6 is 0 Å². The molecule has 2 nitrogen and oxygen atoms in total. The number of benzene rings is 1. The molecule has 1 fully saturated rings. The maximum Gasteiger partial charge on any atom is 0.119 e. The number of rotatable bonds is 3. The Balaban J connectivity index is 2.08. The third kappa shape index (κ3) is 3.22. The van der Waals surface area contributed by atoms with Gasteiger partial charge in [0.15, 0.2) is 0 Å². The Morgan fingerprint density at radius 1 is 1.47 bits per heavy atom. The maximum absolute atomic E-state index is 6.53. The Morgan fingerprint density at radius 3 is 3.00 bits per heavy atom. The molecule has 1 saturated carbocycles. The van der Waals surface area contributed by atoms with Crippen LogP contribution in [0.4, 0.5) is 0 Å². The second-order valence-corrected chi connectivity index (χ2v) is 5.59. The van der Waals surface area contributed by atoms with E-state index in [1.165, 1.54) is 18.4 Å². The highest BCUT2D eigenvalue weighted by Gasteiger charge is 2.30. The first-order valence-electron chi connectivity index (χ1n) is 6.53. The second kappa shape index (κ2) is 5.09. The first-order chi connectivity index (χ1) is 8.11. The summed E-state index contributed by atoms with van der Waals surface area (Å²) in [5.41, 5.74) is 7.81. The summed E-state index contributed by atoms with van der Waals surface area (Å²) in [5.74, 6) is 1.69. The fourth-order valence-electron chi connectivity index (χ4n) is 3.05. The van der Waals surface area contributed by atoms with Crippen LogP contribution in [-0.4, -0.2) is 12.6 Å². The van der Waals surface area contributed by atoms with E-state index in [1.54, 1.807) is 7.11 Å². The summed E-state index contributed by atoms with van der Waals surface area (Å²) in [5, 5.41) is 0. The lowest BCUT2D eigenvalue weighted by Crippen LogP contribution is -2.45. The van der Waals surface area contributed by atoms with Crippen molar-refractivity contribution < 1.29 is 4.74 Å². The van der Waals surface area contributed by atoms with Gasteiger partial charge in [-0.2, -0.15) is 0 Å². The first kappa shape index (κ1) is 12.4. The molecule has 0 aromatic heterocycles. The van der Waals surface area contributed by atoms with E-state index in [0.29, 0.717) is 0 Å². The van der Waals surface area contributed by atoms with Crippen LogP contribution in [0.5, 0.6) is 5.75 Å². The van der Waals surface area contributed by atoms with Crippen molar-refractivity contribution in [3.8, 4) is 5.75 Å². The van der Waals surface area contributed by atoms with Crippen molar-refractivity contribution in [3.63, 3.8) is 0 Å². The highest BCUT2D eigenvalue weighted by molar-refractivity contribution is 5.29. The lowest BCUT2D eigenvalue weighted by molar-refractivity contribution is 0.235. The molecule has 1 aliphatic rings. The number of hydrogen-bond donors (Lipinski definition) is 1. The molecule has 1 aliphatic carbocycles. The van der Waals surface area contributed by atoms with Crippen LogP contribution in [0.15, 0.2) is 24.3 Å². The van der Waals surface area contributed by atoms with Crippen molar-refractivity contribution in [3.05, 3.63) is 29.8 Å². The minimum Gasteiger partial charge on any atom is -0.497 e. The Hall–Kier alpha value is -1.02. The van der Waals surface area contributed by atoms with Gasteiger partial charge < -0.3 is 10.5 Å². The highest BCUT2D eigenvalue weighted by Crippen LogP contribution is 2.33. The third-order valence-electron chi connectivity index (χ3n) is 3.82. The molecule has 2 unspecified atom stereocenters. The van der Waals surface area contributed by atoms with E-state index in [9.17, 15) is 0 Å². The van der Waals surface area contributed by atoms with Crippen LogP contribution in [0.2, 0.25) is 0 Å². The average Bonchev–Trinajstić information content (AvgIpc) is 2.28. The van der Waals surface area contributed by atoms with E-state index in [2.05, 4.69) is 19.1 Å². The van der Waals surface area contributed by atoms with Gasteiger partial charge in [0.05, 0.1) is 7.11 Å². The Morgan fingerprint density at radius 2 is 2.29 bits per heavy atom. The van der Waals surface area contributed by atoms with Crippen LogP contribution in [0.25, 0.3) is 0 Å². The lowest BCUT2D eigenvalue weighted by Gasteiger charge is -2.37. The summed E-state index contributed by atoms with van der Waals surface area (Å²) < 4.78 is 5.26. The van der Waals surface area contributed by atoms with E-state index < -0.39 is 0 Å². The molecule has 2 rings (SSSR count). The first-order valence-corrected chi connectivity index (χ1v) is 6.53. The maximum atomic E-state index is 6.53. The molecular formula is C15H23NO. The van der Waals surface area contributed by atoms with Crippen LogP contribution in [0, 0.1) is 5.92 Å². The summed E-state index contributed by atoms with van der Waals surface area (Å²) in [4.78, 5) is 0. The van der Waals surface area contributed by atoms with E-state index in [4.69, 9.17) is 10.5 Å². The van der Waals surface area contributed by atoms with Crippen LogP contribution in [-0.2, 0) is 6.42 Å². The summed E-state index contributed by atoms with van der Waals surface area (Å²) in [6.07, 6.45) is 5.85. The summed E-state index contributed by atoms with van der Waals surface area (Å²) >= 11 is 0. The molecule has 0 bridgehead atoms.